The number of nitrogens with one attached hydrogen (secondary N) is 1. The first kappa shape index (κ1) is 16.7. The standard InChI is InChI=1S/C19H18F2N4O/c20-14-6-13-10-25(24-18(13)17(7-14)19(22)26)16-3-1-11(2-4-16)12-5-15(21)9-23-8-12/h1-4,6-7,10,12,15,23H,5,8-9H2,(H2,22,26)/t12-,15-/m1/s1. The quantitative estimate of drug-likeness (QED) is 0.758. The van der Waals surface area contributed by atoms with E-state index in [0.29, 0.717) is 23.9 Å². The van der Waals surface area contributed by atoms with Crippen molar-refractivity contribution in [3.8, 4) is 5.69 Å². The van der Waals surface area contributed by atoms with Crippen LogP contribution in [0.2, 0.25) is 0 Å². The molecule has 0 radical (unpaired) electrons. The lowest BCUT2D eigenvalue weighted by Crippen LogP contribution is -2.36. The number of piperidine rings is 1. The van der Waals surface area contributed by atoms with Gasteiger partial charge in [-0.1, -0.05) is 12.1 Å². The molecule has 2 atom stereocenters. The van der Waals surface area contributed by atoms with E-state index in [1.165, 1.54) is 6.07 Å². The fraction of sp³-hybridized carbons (Fsp3) is 0.263. The number of nitrogens with zero attached hydrogens (tertiary/aromatic N) is 2. The topological polar surface area (TPSA) is 72.9 Å². The molecule has 0 aliphatic carbocycles. The van der Waals surface area contributed by atoms with Gasteiger partial charge in [0.25, 0.3) is 5.91 Å². The summed E-state index contributed by atoms with van der Waals surface area (Å²) in [5, 5.41) is 7.97. The highest BCUT2D eigenvalue weighted by Gasteiger charge is 2.22. The normalized spacial score (nSPS) is 20.4. The maximum absolute atomic E-state index is 13.7. The highest BCUT2D eigenvalue weighted by Crippen LogP contribution is 2.26. The monoisotopic (exact) mass is 356 g/mol. The summed E-state index contributed by atoms with van der Waals surface area (Å²) >= 11 is 0. The van der Waals surface area contributed by atoms with Crippen molar-refractivity contribution in [2.45, 2.75) is 18.5 Å². The van der Waals surface area contributed by atoms with Gasteiger partial charge in [0.2, 0.25) is 0 Å². The SMILES string of the molecule is NC(=O)c1cc(F)cc2cn(-c3ccc([C@H]4CNC[C@H](F)C4)cc3)nc12. The van der Waals surface area contributed by atoms with E-state index in [2.05, 4.69) is 10.4 Å². The van der Waals surface area contributed by atoms with Crippen LogP contribution >= 0.6 is 0 Å². The minimum absolute atomic E-state index is 0.0534. The molecule has 1 aliphatic rings. The van der Waals surface area contributed by atoms with E-state index in [9.17, 15) is 13.6 Å². The molecule has 26 heavy (non-hydrogen) atoms. The van der Waals surface area contributed by atoms with Crippen molar-refractivity contribution in [2.75, 3.05) is 13.1 Å². The average Bonchev–Trinajstić information content (AvgIpc) is 3.04. The number of carbonyl (C=O) groups is 1. The average molecular weight is 356 g/mol. The second kappa shape index (κ2) is 6.49. The van der Waals surface area contributed by atoms with Crippen molar-refractivity contribution < 1.29 is 13.6 Å². The largest absolute Gasteiger partial charge is 0.366 e. The molecule has 0 bridgehead atoms. The maximum atomic E-state index is 13.7. The minimum atomic E-state index is -0.827. The van der Waals surface area contributed by atoms with Crippen LogP contribution in [0.4, 0.5) is 8.78 Å². The molecule has 1 saturated heterocycles. The molecule has 1 aromatic heterocycles. The van der Waals surface area contributed by atoms with Crippen LogP contribution in [0.5, 0.6) is 0 Å². The molecule has 3 aromatic rings. The predicted molar refractivity (Wildman–Crippen MR) is 94.7 cm³/mol. The number of fused-ring (bicyclic) bond motifs is 1. The van der Waals surface area contributed by atoms with Gasteiger partial charge in [-0.2, -0.15) is 5.10 Å². The van der Waals surface area contributed by atoms with Gasteiger partial charge in [0, 0.05) is 24.7 Å². The first-order chi connectivity index (χ1) is 12.5. The van der Waals surface area contributed by atoms with Crippen molar-refractivity contribution in [3.63, 3.8) is 0 Å². The summed E-state index contributed by atoms with van der Waals surface area (Å²) in [6, 6.07) is 10.1. The number of primary amides is 1. The molecule has 4 rings (SSSR count). The fourth-order valence-electron chi connectivity index (χ4n) is 3.46. The van der Waals surface area contributed by atoms with E-state index in [-0.39, 0.29) is 11.5 Å². The van der Waals surface area contributed by atoms with Crippen LogP contribution in [0, 0.1) is 5.82 Å². The Labute approximate surface area is 148 Å². The molecule has 3 N–H and O–H groups in total. The number of benzene rings is 2. The number of aromatic nitrogens is 2. The third kappa shape index (κ3) is 3.06. The van der Waals surface area contributed by atoms with Gasteiger partial charge >= 0.3 is 0 Å². The fourth-order valence-corrected chi connectivity index (χ4v) is 3.46. The van der Waals surface area contributed by atoms with Gasteiger partial charge in [-0.05, 0) is 42.2 Å². The van der Waals surface area contributed by atoms with E-state index >= 15 is 0 Å². The molecule has 134 valence electrons. The van der Waals surface area contributed by atoms with Crippen LogP contribution in [0.25, 0.3) is 16.6 Å². The zero-order valence-electron chi connectivity index (χ0n) is 14.0. The van der Waals surface area contributed by atoms with Gasteiger partial charge in [-0.15, -0.1) is 0 Å². The Bertz CT molecular complexity index is 968. The Hall–Kier alpha value is -2.80. The van der Waals surface area contributed by atoms with Crippen LogP contribution < -0.4 is 11.1 Å². The van der Waals surface area contributed by atoms with Gasteiger partial charge in [0.1, 0.15) is 17.5 Å². The van der Waals surface area contributed by atoms with Crippen molar-refractivity contribution in [3.05, 3.63) is 59.5 Å². The molecule has 5 nitrogen and oxygen atoms in total. The van der Waals surface area contributed by atoms with Crippen LogP contribution in [0.1, 0.15) is 28.3 Å². The Kier molecular flexibility index (Phi) is 4.16. The van der Waals surface area contributed by atoms with Crippen molar-refractivity contribution in [1.29, 1.82) is 0 Å². The maximum Gasteiger partial charge on any atom is 0.251 e. The van der Waals surface area contributed by atoms with E-state index in [0.717, 1.165) is 23.9 Å². The zero-order chi connectivity index (χ0) is 18.3. The molecule has 0 spiro atoms. The third-order valence-electron chi connectivity index (χ3n) is 4.76. The van der Waals surface area contributed by atoms with Crippen LogP contribution in [0.15, 0.2) is 42.6 Å². The Balaban J connectivity index is 1.67. The zero-order valence-corrected chi connectivity index (χ0v) is 14.0. The van der Waals surface area contributed by atoms with E-state index in [1.54, 1.807) is 10.9 Å². The lowest BCUT2D eigenvalue weighted by atomic mass is 9.91. The molecule has 0 unspecified atom stereocenters. The number of amides is 1. The molecule has 1 aliphatic heterocycles. The van der Waals surface area contributed by atoms with Crippen molar-refractivity contribution >= 4 is 16.8 Å². The Morgan fingerprint density at radius 2 is 2.00 bits per heavy atom. The van der Waals surface area contributed by atoms with Crippen LogP contribution in [-0.4, -0.2) is 34.9 Å². The highest BCUT2D eigenvalue weighted by atomic mass is 19.1. The van der Waals surface area contributed by atoms with Gasteiger partial charge in [0.15, 0.2) is 0 Å². The van der Waals surface area contributed by atoms with Gasteiger partial charge in [0.05, 0.1) is 11.3 Å². The number of rotatable bonds is 3. The number of nitrogens with two attached hydrogens (primary N) is 1. The van der Waals surface area contributed by atoms with E-state index in [1.807, 2.05) is 24.3 Å². The molecule has 2 aromatic carbocycles. The van der Waals surface area contributed by atoms with Gasteiger partial charge in [-0.3, -0.25) is 4.79 Å². The summed E-state index contributed by atoms with van der Waals surface area (Å²) in [6.45, 7) is 1.17. The Morgan fingerprint density at radius 1 is 1.23 bits per heavy atom. The first-order valence-corrected chi connectivity index (χ1v) is 8.45. The molecule has 1 fully saturated rings. The number of halogens is 2. The van der Waals surface area contributed by atoms with Crippen molar-refractivity contribution in [2.24, 2.45) is 5.73 Å². The number of alkyl halides is 1. The number of hydrogen-bond donors (Lipinski definition) is 2. The van der Waals surface area contributed by atoms with Crippen molar-refractivity contribution in [1.82, 2.24) is 15.1 Å². The molecule has 0 saturated carbocycles. The predicted octanol–water partition coefficient (Wildman–Crippen LogP) is 2.68. The smallest absolute Gasteiger partial charge is 0.251 e. The van der Waals surface area contributed by atoms with Crippen LogP contribution in [0.3, 0.4) is 0 Å². The first-order valence-electron chi connectivity index (χ1n) is 8.45. The summed E-state index contributed by atoms with van der Waals surface area (Å²) < 4.78 is 28.8. The highest BCUT2D eigenvalue weighted by molar-refractivity contribution is 6.04. The van der Waals surface area contributed by atoms with Gasteiger partial charge < -0.3 is 11.1 Å². The molecule has 2 heterocycles. The molecular weight excluding hydrogens is 338 g/mol. The molecular formula is C19H18F2N4O. The summed E-state index contributed by atoms with van der Waals surface area (Å²) in [7, 11) is 0. The molecule has 1 amide bonds. The second-order valence-electron chi connectivity index (χ2n) is 6.61. The lowest BCUT2D eigenvalue weighted by molar-refractivity contribution is 0.100. The number of hydrogen-bond acceptors (Lipinski definition) is 3. The van der Waals surface area contributed by atoms with E-state index < -0.39 is 17.9 Å². The lowest BCUT2D eigenvalue weighted by Gasteiger charge is -2.26. The number of carbonyl (C=O) groups excluding carboxylic acids is 1. The summed E-state index contributed by atoms with van der Waals surface area (Å²) in [5.41, 5.74) is 7.56. The minimum Gasteiger partial charge on any atom is -0.366 e. The third-order valence-corrected chi connectivity index (χ3v) is 4.76. The van der Waals surface area contributed by atoms with E-state index in [4.69, 9.17) is 5.73 Å². The summed E-state index contributed by atoms with van der Waals surface area (Å²) in [6.07, 6.45) is 1.34. The van der Waals surface area contributed by atoms with Crippen LogP contribution in [-0.2, 0) is 0 Å². The Morgan fingerprint density at radius 3 is 2.69 bits per heavy atom. The van der Waals surface area contributed by atoms with Gasteiger partial charge in [-0.25, -0.2) is 13.5 Å². The summed E-state index contributed by atoms with van der Waals surface area (Å²) in [4.78, 5) is 11.5. The molecule has 7 heteroatoms. The second-order valence-corrected chi connectivity index (χ2v) is 6.61. The summed E-state index contributed by atoms with van der Waals surface area (Å²) in [5.74, 6) is -1.12.